The van der Waals surface area contributed by atoms with Crippen LogP contribution in [0.4, 0.5) is 0 Å². The van der Waals surface area contributed by atoms with Crippen LogP contribution < -0.4 is 5.73 Å². The predicted octanol–water partition coefficient (Wildman–Crippen LogP) is 7.55. The van der Waals surface area contributed by atoms with Crippen molar-refractivity contribution in [2.75, 3.05) is 0 Å². The Morgan fingerprint density at radius 3 is 1.78 bits per heavy atom. The fraction of sp³-hybridized carbons (Fsp3) is 0.903. The molecular weight excluding hydrogens is 466 g/mol. The molecule has 1 heterocycles. The number of hydrogen-bond acceptors (Lipinski definition) is 5. The average Bonchev–Trinajstić information content (AvgIpc) is 3.38. The summed E-state index contributed by atoms with van der Waals surface area (Å²) < 4.78 is 11.3. The van der Waals surface area contributed by atoms with Crippen molar-refractivity contribution in [1.82, 2.24) is 0 Å². The van der Waals surface area contributed by atoms with E-state index in [-0.39, 0.29) is 24.1 Å². The Bertz CT molecular complexity index is 673. The highest BCUT2D eigenvalue weighted by Gasteiger charge is 2.49. The van der Waals surface area contributed by atoms with Crippen LogP contribution in [0, 0.1) is 11.3 Å². The van der Waals surface area contributed by atoms with Gasteiger partial charge in [0.15, 0.2) is 0 Å². The zero-order valence-electron chi connectivity index (χ0n) is 23.9. The van der Waals surface area contributed by atoms with Crippen molar-refractivity contribution in [3.05, 3.63) is 0 Å². The lowest BCUT2D eigenvalue weighted by molar-refractivity contribution is -0.190. The summed E-state index contributed by atoms with van der Waals surface area (Å²) in [6.07, 6.45) is 23.6. The minimum absolute atomic E-state index is 0.112. The molecule has 1 saturated heterocycles. The minimum Gasteiger partial charge on any atom is -0.461 e. The van der Waals surface area contributed by atoms with Gasteiger partial charge in [0.1, 0.15) is 17.6 Å². The molecule has 6 heteroatoms. The molecule has 2 fully saturated rings. The number of amides is 1. The average molecular weight is 522 g/mol. The van der Waals surface area contributed by atoms with Crippen LogP contribution >= 0.6 is 0 Å². The van der Waals surface area contributed by atoms with E-state index in [1.807, 2.05) is 6.92 Å². The molecule has 0 aromatic heterocycles. The third kappa shape index (κ3) is 10.6. The van der Waals surface area contributed by atoms with E-state index in [4.69, 9.17) is 15.2 Å². The number of rotatable bonds is 22. The number of primary amides is 1. The number of hydrogen-bond donors (Lipinski definition) is 1. The van der Waals surface area contributed by atoms with E-state index in [9.17, 15) is 14.4 Å². The fourth-order valence-electron chi connectivity index (χ4n) is 6.06. The van der Waals surface area contributed by atoms with Crippen LogP contribution in [0.2, 0.25) is 0 Å². The number of ether oxygens (including phenoxy) is 2. The summed E-state index contributed by atoms with van der Waals surface area (Å²) >= 11 is 0. The van der Waals surface area contributed by atoms with Crippen LogP contribution in [0.3, 0.4) is 0 Å². The van der Waals surface area contributed by atoms with E-state index >= 15 is 0 Å². The van der Waals surface area contributed by atoms with Gasteiger partial charge in [-0.05, 0) is 32.1 Å². The van der Waals surface area contributed by atoms with E-state index in [1.54, 1.807) is 0 Å². The van der Waals surface area contributed by atoms with E-state index in [0.29, 0.717) is 19.3 Å². The Kier molecular flexibility index (Phi) is 15.2. The largest absolute Gasteiger partial charge is 0.461 e. The van der Waals surface area contributed by atoms with Gasteiger partial charge in [-0.25, -0.2) is 0 Å². The quantitative estimate of drug-likeness (QED) is 0.0901. The van der Waals surface area contributed by atoms with Crippen molar-refractivity contribution >= 4 is 17.8 Å². The SMILES string of the molecule is CCCCCCCCCCCCCCCCC[C@@H](C[C@@H]1OC(=O)[C@H]1CC)OC(=O)C1(C(N)=O)CCCC1. The predicted molar refractivity (Wildman–Crippen MR) is 148 cm³/mol. The zero-order chi connectivity index (χ0) is 26.9. The van der Waals surface area contributed by atoms with Gasteiger partial charge in [0.25, 0.3) is 0 Å². The molecule has 1 amide bonds. The van der Waals surface area contributed by atoms with E-state index < -0.39 is 17.3 Å². The van der Waals surface area contributed by atoms with Crippen molar-refractivity contribution in [2.45, 2.75) is 167 Å². The van der Waals surface area contributed by atoms with Crippen LogP contribution in [0.25, 0.3) is 0 Å². The molecule has 37 heavy (non-hydrogen) atoms. The molecule has 0 aromatic carbocycles. The minimum atomic E-state index is -1.17. The molecule has 0 radical (unpaired) electrons. The summed E-state index contributed by atoms with van der Waals surface area (Å²) in [7, 11) is 0. The van der Waals surface area contributed by atoms with Gasteiger partial charge in [-0.2, -0.15) is 0 Å². The molecule has 2 aliphatic rings. The summed E-state index contributed by atoms with van der Waals surface area (Å²) in [5.41, 5.74) is 4.46. The van der Waals surface area contributed by atoms with Crippen molar-refractivity contribution in [3.8, 4) is 0 Å². The molecule has 0 aromatic rings. The molecule has 3 atom stereocenters. The Hall–Kier alpha value is -1.59. The monoisotopic (exact) mass is 521 g/mol. The molecule has 1 saturated carbocycles. The van der Waals surface area contributed by atoms with Gasteiger partial charge in [-0.1, -0.05) is 117 Å². The number of nitrogens with two attached hydrogens (primary N) is 1. The topological polar surface area (TPSA) is 95.7 Å². The highest BCUT2D eigenvalue weighted by Crippen LogP contribution is 2.40. The Morgan fingerprint density at radius 1 is 0.865 bits per heavy atom. The second-order valence-corrected chi connectivity index (χ2v) is 11.6. The summed E-state index contributed by atoms with van der Waals surface area (Å²) in [6.45, 7) is 4.25. The van der Waals surface area contributed by atoms with Gasteiger partial charge in [-0.3, -0.25) is 14.4 Å². The summed E-state index contributed by atoms with van der Waals surface area (Å²) in [5, 5.41) is 0. The lowest BCUT2D eigenvalue weighted by Gasteiger charge is -2.37. The maximum absolute atomic E-state index is 13.1. The van der Waals surface area contributed by atoms with Crippen molar-refractivity contribution < 1.29 is 23.9 Å². The van der Waals surface area contributed by atoms with Crippen LogP contribution in [0.5, 0.6) is 0 Å². The number of unbranched alkanes of at least 4 members (excludes halogenated alkanes) is 14. The number of cyclic esters (lactones) is 1. The lowest BCUT2D eigenvalue weighted by Crippen LogP contribution is -2.48. The van der Waals surface area contributed by atoms with Crippen molar-refractivity contribution in [2.24, 2.45) is 17.1 Å². The fourth-order valence-corrected chi connectivity index (χ4v) is 6.06. The first-order chi connectivity index (χ1) is 17.9. The van der Waals surface area contributed by atoms with E-state index in [2.05, 4.69) is 6.92 Å². The summed E-state index contributed by atoms with van der Waals surface area (Å²) in [5.74, 6) is -1.31. The molecule has 6 nitrogen and oxygen atoms in total. The van der Waals surface area contributed by atoms with Crippen LogP contribution in [0.1, 0.15) is 155 Å². The number of esters is 2. The van der Waals surface area contributed by atoms with Crippen molar-refractivity contribution in [1.29, 1.82) is 0 Å². The second-order valence-electron chi connectivity index (χ2n) is 11.6. The maximum Gasteiger partial charge on any atom is 0.321 e. The third-order valence-corrected chi connectivity index (χ3v) is 8.68. The smallest absolute Gasteiger partial charge is 0.321 e. The van der Waals surface area contributed by atoms with Crippen LogP contribution in [-0.4, -0.2) is 30.1 Å². The molecular formula is C31H55NO5. The zero-order valence-corrected chi connectivity index (χ0v) is 23.9. The Morgan fingerprint density at radius 2 is 1.35 bits per heavy atom. The lowest BCUT2D eigenvalue weighted by atomic mass is 9.85. The van der Waals surface area contributed by atoms with Gasteiger partial charge in [0.05, 0.1) is 5.92 Å². The molecule has 0 spiro atoms. The number of carbonyl (C=O) groups excluding carboxylic acids is 3. The normalized spacial score (nSPS) is 21.3. The molecule has 1 aliphatic heterocycles. The second kappa shape index (κ2) is 17.8. The van der Waals surface area contributed by atoms with Gasteiger partial charge in [0, 0.05) is 6.42 Å². The molecule has 1 aliphatic carbocycles. The summed E-state index contributed by atoms with van der Waals surface area (Å²) in [4.78, 5) is 36.9. The molecule has 214 valence electrons. The van der Waals surface area contributed by atoms with E-state index in [1.165, 1.54) is 83.5 Å². The Balaban J connectivity index is 1.63. The molecule has 2 N–H and O–H groups in total. The van der Waals surface area contributed by atoms with Gasteiger partial charge >= 0.3 is 11.9 Å². The van der Waals surface area contributed by atoms with E-state index in [0.717, 1.165) is 38.5 Å². The highest BCUT2D eigenvalue weighted by molar-refractivity contribution is 6.02. The maximum atomic E-state index is 13.1. The highest BCUT2D eigenvalue weighted by atomic mass is 16.6. The third-order valence-electron chi connectivity index (χ3n) is 8.68. The Labute approximate surface area is 226 Å². The first-order valence-corrected chi connectivity index (χ1v) is 15.7. The van der Waals surface area contributed by atoms with Crippen LogP contribution in [-0.2, 0) is 23.9 Å². The van der Waals surface area contributed by atoms with Gasteiger partial charge < -0.3 is 15.2 Å². The number of carbonyl (C=O) groups is 3. The van der Waals surface area contributed by atoms with Crippen LogP contribution in [0.15, 0.2) is 0 Å². The van der Waals surface area contributed by atoms with Gasteiger partial charge in [-0.15, -0.1) is 0 Å². The molecule has 0 bridgehead atoms. The molecule has 2 rings (SSSR count). The van der Waals surface area contributed by atoms with Crippen molar-refractivity contribution in [3.63, 3.8) is 0 Å². The first kappa shape index (κ1) is 31.6. The first-order valence-electron chi connectivity index (χ1n) is 15.7. The molecule has 0 unspecified atom stereocenters. The standard InChI is InChI=1S/C31H55NO5/c1-3-5-6-7-8-9-10-11-12-13-14-15-16-17-18-21-25(24-27-26(4-2)28(33)37-27)36-30(35)31(29(32)34)22-19-20-23-31/h25-27H,3-24H2,1-2H3,(H2,32,34)/t25-,26-,27-/m0/s1. The van der Waals surface area contributed by atoms with Gasteiger partial charge in [0.2, 0.25) is 5.91 Å². The summed E-state index contributed by atoms with van der Waals surface area (Å²) in [6, 6.07) is 0.